The minimum absolute atomic E-state index is 0.323. The van der Waals surface area contributed by atoms with E-state index in [1.165, 1.54) is 11.3 Å². The molecule has 1 saturated heterocycles. The van der Waals surface area contributed by atoms with Crippen LogP contribution in [0.15, 0.2) is 30.3 Å². The highest BCUT2D eigenvalue weighted by atomic mass is 32.1. The van der Waals surface area contributed by atoms with Gasteiger partial charge in [0.05, 0.1) is 18.6 Å². The third kappa shape index (κ3) is 2.85. The zero-order valence-corrected chi connectivity index (χ0v) is 14.5. The second-order valence-electron chi connectivity index (χ2n) is 5.88. The largest absolute Gasteiger partial charge is 0.477 e. The van der Waals surface area contributed by atoms with Crippen LogP contribution in [0.5, 0.6) is 0 Å². The zero-order valence-electron chi connectivity index (χ0n) is 13.7. The average molecular weight is 355 g/mol. The van der Waals surface area contributed by atoms with Crippen molar-refractivity contribution in [3.05, 3.63) is 40.8 Å². The fourth-order valence-electron chi connectivity index (χ4n) is 3.04. The second kappa shape index (κ2) is 6.42. The minimum Gasteiger partial charge on any atom is -0.477 e. The fraction of sp³-hybridized carbons (Fsp3) is 0.278. The van der Waals surface area contributed by atoms with E-state index in [2.05, 4.69) is 9.88 Å². The van der Waals surface area contributed by atoms with Crippen LogP contribution in [0.25, 0.3) is 21.6 Å². The van der Waals surface area contributed by atoms with Crippen LogP contribution in [0.4, 0.5) is 5.82 Å². The van der Waals surface area contributed by atoms with Gasteiger partial charge in [0.25, 0.3) is 0 Å². The van der Waals surface area contributed by atoms with Crippen molar-refractivity contribution < 1.29 is 14.6 Å². The highest BCUT2D eigenvalue weighted by molar-refractivity contribution is 7.20. The highest BCUT2D eigenvalue weighted by Crippen LogP contribution is 2.37. The number of carbonyl (C=O) groups is 1. The molecular formula is C18H17N3O3S. The molecule has 3 aromatic rings. The number of hydrogen-bond acceptors (Lipinski definition) is 6. The number of ether oxygens (including phenoxy) is 1. The van der Waals surface area contributed by atoms with Crippen LogP contribution < -0.4 is 4.90 Å². The molecule has 0 unspecified atom stereocenters. The molecule has 1 N–H and O–H groups in total. The molecule has 3 heterocycles. The van der Waals surface area contributed by atoms with Crippen molar-refractivity contribution in [1.29, 1.82) is 0 Å². The van der Waals surface area contributed by atoms with Crippen molar-refractivity contribution in [2.45, 2.75) is 6.92 Å². The number of morpholine rings is 1. The van der Waals surface area contributed by atoms with Crippen LogP contribution in [0, 0.1) is 6.92 Å². The van der Waals surface area contributed by atoms with E-state index in [1.807, 2.05) is 37.3 Å². The van der Waals surface area contributed by atoms with Crippen LogP contribution in [0.3, 0.4) is 0 Å². The number of anilines is 1. The number of aryl methyl sites for hydroxylation is 1. The lowest BCUT2D eigenvalue weighted by Gasteiger charge is -2.28. The maximum absolute atomic E-state index is 11.6. The molecule has 1 aliphatic heterocycles. The summed E-state index contributed by atoms with van der Waals surface area (Å²) in [5, 5.41) is 10.3. The van der Waals surface area contributed by atoms with Gasteiger partial charge in [-0.3, -0.25) is 0 Å². The molecule has 6 nitrogen and oxygen atoms in total. The number of rotatable bonds is 3. The lowest BCUT2D eigenvalue weighted by molar-refractivity contribution is 0.0701. The van der Waals surface area contributed by atoms with Crippen molar-refractivity contribution in [2.24, 2.45) is 0 Å². The first kappa shape index (κ1) is 16.0. The predicted molar refractivity (Wildman–Crippen MR) is 97.6 cm³/mol. The number of carboxylic acids is 1. The van der Waals surface area contributed by atoms with Gasteiger partial charge in [-0.15, -0.1) is 11.3 Å². The van der Waals surface area contributed by atoms with Crippen LogP contribution in [0.2, 0.25) is 0 Å². The Morgan fingerprint density at radius 1 is 1.20 bits per heavy atom. The van der Waals surface area contributed by atoms with Crippen molar-refractivity contribution in [3.8, 4) is 11.4 Å². The van der Waals surface area contributed by atoms with E-state index in [-0.39, 0.29) is 0 Å². The Hall–Kier alpha value is -2.51. The van der Waals surface area contributed by atoms with Crippen LogP contribution in [-0.2, 0) is 4.74 Å². The molecule has 1 aliphatic rings. The van der Waals surface area contributed by atoms with Gasteiger partial charge in [0.2, 0.25) is 0 Å². The van der Waals surface area contributed by atoms with E-state index in [4.69, 9.17) is 9.72 Å². The van der Waals surface area contributed by atoms with Gasteiger partial charge in [0, 0.05) is 18.7 Å². The lowest BCUT2D eigenvalue weighted by Crippen LogP contribution is -2.37. The lowest BCUT2D eigenvalue weighted by atomic mass is 10.1. The maximum Gasteiger partial charge on any atom is 0.346 e. The Labute approximate surface area is 148 Å². The number of fused-ring (bicyclic) bond motifs is 1. The molecule has 1 aromatic carbocycles. The van der Waals surface area contributed by atoms with Gasteiger partial charge in [-0.1, -0.05) is 30.3 Å². The summed E-state index contributed by atoms with van der Waals surface area (Å²) in [4.78, 5) is 24.2. The first-order valence-corrected chi connectivity index (χ1v) is 8.89. The number of hydrogen-bond donors (Lipinski definition) is 1. The van der Waals surface area contributed by atoms with Crippen molar-refractivity contribution in [2.75, 3.05) is 31.2 Å². The molecule has 0 aliphatic carbocycles. The van der Waals surface area contributed by atoms with Crippen LogP contribution in [-0.4, -0.2) is 47.3 Å². The topological polar surface area (TPSA) is 75.5 Å². The van der Waals surface area contributed by atoms with E-state index in [9.17, 15) is 9.90 Å². The van der Waals surface area contributed by atoms with E-state index in [0.717, 1.165) is 35.4 Å². The summed E-state index contributed by atoms with van der Waals surface area (Å²) in [6.45, 7) is 4.58. The summed E-state index contributed by atoms with van der Waals surface area (Å²) >= 11 is 1.21. The van der Waals surface area contributed by atoms with Crippen molar-refractivity contribution in [3.63, 3.8) is 0 Å². The Morgan fingerprint density at radius 2 is 1.92 bits per heavy atom. The molecule has 7 heteroatoms. The predicted octanol–water partition coefficient (Wildman–Crippen LogP) is 3.20. The molecule has 4 rings (SSSR count). The van der Waals surface area contributed by atoms with Crippen LogP contribution in [0.1, 0.15) is 15.2 Å². The quantitative estimate of drug-likeness (QED) is 0.778. The summed E-state index contributed by atoms with van der Waals surface area (Å²) in [7, 11) is 0. The number of aromatic carboxylic acids is 1. The molecular weight excluding hydrogens is 338 g/mol. The second-order valence-corrected chi connectivity index (χ2v) is 6.88. The van der Waals surface area contributed by atoms with Crippen LogP contribution >= 0.6 is 11.3 Å². The summed E-state index contributed by atoms with van der Waals surface area (Å²) in [5.74, 6) is 0.496. The third-order valence-corrected chi connectivity index (χ3v) is 5.48. The normalized spacial score (nSPS) is 14.8. The monoisotopic (exact) mass is 355 g/mol. The van der Waals surface area contributed by atoms with Gasteiger partial charge in [0.15, 0.2) is 5.82 Å². The number of carboxylic acid groups (broad SMARTS) is 1. The fourth-order valence-corrected chi connectivity index (χ4v) is 4.06. The van der Waals surface area contributed by atoms with E-state index in [0.29, 0.717) is 28.7 Å². The number of aromatic nitrogens is 2. The molecule has 2 aromatic heterocycles. The Kier molecular flexibility index (Phi) is 4.10. The molecule has 1 fully saturated rings. The summed E-state index contributed by atoms with van der Waals surface area (Å²) in [5.41, 5.74) is 1.65. The standard InChI is InChI=1S/C18H17N3O3S/c1-11-13-16(21-7-9-24-10-8-21)19-15(12-5-3-2-4-6-12)20-17(13)25-14(11)18(22)23/h2-6H,7-10H2,1H3,(H,22,23). The molecule has 0 bridgehead atoms. The molecule has 0 spiro atoms. The smallest absolute Gasteiger partial charge is 0.346 e. The first-order chi connectivity index (χ1) is 12.1. The van der Waals surface area contributed by atoms with Gasteiger partial charge >= 0.3 is 5.97 Å². The molecule has 0 amide bonds. The number of thiophene rings is 1. The summed E-state index contributed by atoms with van der Waals surface area (Å²) < 4.78 is 5.45. The molecule has 25 heavy (non-hydrogen) atoms. The van der Waals surface area contributed by atoms with Gasteiger partial charge in [-0.2, -0.15) is 0 Å². The summed E-state index contributed by atoms with van der Waals surface area (Å²) in [6, 6.07) is 9.76. The Bertz CT molecular complexity index is 934. The molecule has 0 saturated carbocycles. The van der Waals surface area contributed by atoms with Crippen molar-refractivity contribution >= 4 is 33.3 Å². The third-order valence-electron chi connectivity index (χ3n) is 4.31. The molecule has 0 radical (unpaired) electrons. The molecule has 0 atom stereocenters. The van der Waals surface area contributed by atoms with Gasteiger partial charge in [-0.25, -0.2) is 14.8 Å². The zero-order chi connectivity index (χ0) is 17.4. The minimum atomic E-state index is -0.922. The van der Waals surface area contributed by atoms with E-state index < -0.39 is 5.97 Å². The van der Waals surface area contributed by atoms with E-state index in [1.54, 1.807) is 0 Å². The first-order valence-electron chi connectivity index (χ1n) is 8.07. The maximum atomic E-state index is 11.6. The molecule has 128 valence electrons. The van der Waals surface area contributed by atoms with E-state index >= 15 is 0 Å². The average Bonchev–Trinajstić information content (AvgIpc) is 2.99. The van der Waals surface area contributed by atoms with Crippen molar-refractivity contribution in [1.82, 2.24) is 9.97 Å². The summed E-state index contributed by atoms with van der Waals surface area (Å²) in [6.07, 6.45) is 0. The Morgan fingerprint density at radius 3 is 2.60 bits per heavy atom. The van der Waals surface area contributed by atoms with Gasteiger partial charge in [0.1, 0.15) is 15.5 Å². The van der Waals surface area contributed by atoms with Gasteiger partial charge < -0.3 is 14.7 Å². The van der Waals surface area contributed by atoms with Gasteiger partial charge in [-0.05, 0) is 12.5 Å². The highest BCUT2D eigenvalue weighted by Gasteiger charge is 2.24. The number of benzene rings is 1. The SMILES string of the molecule is Cc1c(C(=O)O)sc2nc(-c3ccccc3)nc(N3CCOCC3)c12. The number of nitrogens with zero attached hydrogens (tertiary/aromatic N) is 3. The Balaban J connectivity index is 1.96.